The smallest absolute Gasteiger partial charge is 0.141 e. The van der Waals surface area contributed by atoms with Gasteiger partial charge in [0, 0.05) is 17.8 Å². The number of pyridine rings is 1. The largest absolute Gasteiger partial charge is 0.489 e. The second-order valence-corrected chi connectivity index (χ2v) is 9.92. The van der Waals surface area contributed by atoms with Crippen LogP contribution in [0.25, 0.3) is 22.0 Å². The van der Waals surface area contributed by atoms with Gasteiger partial charge < -0.3 is 9.84 Å². The number of fused-ring (bicyclic) bond motifs is 6. The van der Waals surface area contributed by atoms with Gasteiger partial charge in [-0.15, -0.1) is 0 Å². The summed E-state index contributed by atoms with van der Waals surface area (Å²) in [5.74, 6) is 1.02. The van der Waals surface area contributed by atoms with Crippen LogP contribution in [0.5, 0.6) is 5.75 Å². The van der Waals surface area contributed by atoms with Crippen LogP contribution in [-0.2, 0) is 12.2 Å². The highest BCUT2D eigenvalue weighted by atomic mass is 16.5. The number of aryl methyl sites for hydroxylation is 1. The predicted octanol–water partition coefficient (Wildman–Crippen LogP) is 6.84. The number of aliphatic hydroxyl groups is 1. The number of ether oxygens (including phenoxy) is 1. The number of hydrogen-bond acceptors (Lipinski definition) is 5. The van der Waals surface area contributed by atoms with Gasteiger partial charge >= 0.3 is 0 Å². The Balaban J connectivity index is 1.85. The zero-order valence-corrected chi connectivity index (χ0v) is 21.5. The molecule has 0 radical (unpaired) electrons. The minimum absolute atomic E-state index is 0.292. The summed E-state index contributed by atoms with van der Waals surface area (Å²) in [4.78, 5) is 9.03. The number of rotatable bonds is 3. The summed E-state index contributed by atoms with van der Waals surface area (Å²) < 4.78 is 6.21. The van der Waals surface area contributed by atoms with Gasteiger partial charge in [0.15, 0.2) is 0 Å². The molecule has 2 heterocycles. The molecule has 3 aromatic carbocycles. The van der Waals surface area contributed by atoms with Crippen molar-refractivity contribution < 1.29 is 9.84 Å². The average Bonchev–Trinajstić information content (AvgIpc) is 2.90. The first-order valence-corrected chi connectivity index (χ1v) is 12.4. The standard InChI is InChI=1S/C32H29N3O2/c1-20(2)17-34-18-22(4)32(36)25-9-8-21(3)24(12-25)19-37-28-7-5-6-23(13-28)29-15-27(16-33)35-31-11-10-26(32)14-30(29)31/h5-15,17-18,20,36H,19H2,1-4H3/b22-18+,34-17?. The van der Waals surface area contributed by atoms with Crippen molar-refractivity contribution in [1.82, 2.24) is 4.98 Å². The molecular formula is C32H29N3O2. The Morgan fingerprint density at radius 3 is 2.68 bits per heavy atom. The zero-order chi connectivity index (χ0) is 26.2. The normalized spacial score (nSPS) is 17.3. The third kappa shape index (κ3) is 4.52. The summed E-state index contributed by atoms with van der Waals surface area (Å²) in [6.07, 6.45) is 3.60. The number of aliphatic imine (C=N–C) groups is 1. The molecule has 37 heavy (non-hydrogen) atoms. The Labute approximate surface area is 217 Å². The molecule has 0 saturated heterocycles. The van der Waals surface area contributed by atoms with Crippen LogP contribution in [0.4, 0.5) is 0 Å². The summed E-state index contributed by atoms with van der Waals surface area (Å²) in [6, 6.07) is 23.6. The van der Waals surface area contributed by atoms with Crippen LogP contribution in [0.2, 0.25) is 0 Å². The lowest BCUT2D eigenvalue weighted by atomic mass is 9.79. The summed E-state index contributed by atoms with van der Waals surface area (Å²) >= 11 is 0. The molecule has 4 aromatic rings. The van der Waals surface area contributed by atoms with E-state index in [-0.39, 0.29) is 0 Å². The third-order valence-electron chi connectivity index (χ3n) is 6.87. The number of benzene rings is 3. The Hall–Kier alpha value is -4.27. The topological polar surface area (TPSA) is 78.5 Å². The van der Waals surface area contributed by atoms with Crippen LogP contribution in [0.1, 0.15) is 48.7 Å². The van der Waals surface area contributed by atoms with E-state index in [4.69, 9.17) is 4.74 Å². The van der Waals surface area contributed by atoms with Crippen molar-refractivity contribution in [1.29, 1.82) is 5.26 Å². The first kappa shape index (κ1) is 24.4. The van der Waals surface area contributed by atoms with Crippen molar-refractivity contribution in [2.75, 3.05) is 0 Å². The SMILES string of the molecule is C/C(=C\N=CC(C)C)C1(O)c2ccc(C)c(c2)COc2cccc(c2)-c2cc(C#N)nc3ccc1cc23. The molecule has 1 aromatic heterocycles. The quantitative estimate of drug-likeness (QED) is 0.321. The molecule has 1 N–H and O–H groups in total. The van der Waals surface area contributed by atoms with Crippen molar-refractivity contribution in [3.05, 3.63) is 106 Å². The third-order valence-corrected chi connectivity index (χ3v) is 6.87. The Morgan fingerprint density at radius 1 is 1.11 bits per heavy atom. The van der Waals surface area contributed by atoms with E-state index < -0.39 is 5.60 Å². The Bertz CT molecular complexity index is 1610. The molecule has 1 aliphatic heterocycles. The molecule has 0 fully saturated rings. The van der Waals surface area contributed by atoms with E-state index in [2.05, 4.69) is 29.9 Å². The fourth-order valence-corrected chi connectivity index (χ4v) is 4.76. The van der Waals surface area contributed by atoms with Crippen LogP contribution >= 0.6 is 0 Å². The van der Waals surface area contributed by atoms with Gasteiger partial charge in [0.25, 0.3) is 0 Å². The number of aromatic nitrogens is 1. The lowest BCUT2D eigenvalue weighted by Crippen LogP contribution is -2.29. The molecule has 5 nitrogen and oxygen atoms in total. The highest BCUT2D eigenvalue weighted by molar-refractivity contribution is 5.96. The maximum absolute atomic E-state index is 12.5. The number of nitrogens with zero attached hydrogens (tertiary/aromatic N) is 3. The van der Waals surface area contributed by atoms with E-state index in [1.54, 1.807) is 12.3 Å². The molecule has 0 saturated carbocycles. The molecule has 184 valence electrons. The first-order valence-electron chi connectivity index (χ1n) is 12.4. The predicted molar refractivity (Wildman–Crippen MR) is 147 cm³/mol. The number of hydrogen-bond donors (Lipinski definition) is 1. The maximum atomic E-state index is 12.5. The summed E-state index contributed by atoms with van der Waals surface area (Å²) in [6.45, 7) is 8.43. The van der Waals surface area contributed by atoms with Crippen LogP contribution < -0.4 is 4.74 Å². The van der Waals surface area contributed by atoms with Crippen LogP contribution in [-0.4, -0.2) is 16.3 Å². The van der Waals surface area contributed by atoms with Gasteiger partial charge in [0.05, 0.1) is 5.52 Å². The van der Waals surface area contributed by atoms with E-state index in [0.29, 0.717) is 34.9 Å². The van der Waals surface area contributed by atoms with Crippen molar-refractivity contribution in [3.63, 3.8) is 0 Å². The second-order valence-electron chi connectivity index (χ2n) is 9.92. The fraction of sp³-hybridized carbons (Fsp3) is 0.219. The minimum atomic E-state index is -1.44. The van der Waals surface area contributed by atoms with E-state index in [1.165, 1.54) is 0 Å². The van der Waals surface area contributed by atoms with Crippen LogP contribution in [0, 0.1) is 24.2 Å². The number of nitriles is 1. The molecule has 6 bridgehead atoms. The van der Waals surface area contributed by atoms with Crippen molar-refractivity contribution in [2.24, 2.45) is 10.9 Å². The van der Waals surface area contributed by atoms with Crippen molar-refractivity contribution in [2.45, 2.75) is 39.9 Å². The van der Waals surface area contributed by atoms with Crippen LogP contribution in [0.15, 0.2) is 83.5 Å². The minimum Gasteiger partial charge on any atom is -0.489 e. The summed E-state index contributed by atoms with van der Waals surface area (Å²) in [5, 5.41) is 23.0. The van der Waals surface area contributed by atoms with Gasteiger partial charge in [-0.25, -0.2) is 4.98 Å². The molecule has 0 amide bonds. The molecule has 0 aliphatic carbocycles. The van der Waals surface area contributed by atoms with E-state index in [0.717, 1.165) is 39.0 Å². The van der Waals surface area contributed by atoms with Gasteiger partial charge in [0.2, 0.25) is 0 Å². The lowest BCUT2D eigenvalue weighted by molar-refractivity contribution is 0.120. The van der Waals surface area contributed by atoms with Gasteiger partial charge in [-0.2, -0.15) is 5.26 Å². The summed E-state index contributed by atoms with van der Waals surface area (Å²) in [5.41, 5.74) is 5.56. The Morgan fingerprint density at radius 2 is 1.89 bits per heavy atom. The van der Waals surface area contributed by atoms with Crippen LogP contribution in [0.3, 0.4) is 0 Å². The van der Waals surface area contributed by atoms with Gasteiger partial charge in [0.1, 0.15) is 29.7 Å². The van der Waals surface area contributed by atoms with Gasteiger partial charge in [-0.1, -0.05) is 44.2 Å². The average molecular weight is 488 g/mol. The molecular weight excluding hydrogens is 458 g/mol. The fourth-order valence-electron chi connectivity index (χ4n) is 4.76. The highest BCUT2D eigenvalue weighted by Crippen LogP contribution is 2.41. The molecule has 0 spiro atoms. The molecule has 5 rings (SSSR count). The second kappa shape index (κ2) is 9.65. The molecule has 1 atom stereocenters. The van der Waals surface area contributed by atoms with Crippen molar-refractivity contribution in [3.8, 4) is 22.9 Å². The lowest BCUT2D eigenvalue weighted by Gasteiger charge is -2.31. The molecule has 1 aliphatic rings. The highest BCUT2D eigenvalue weighted by Gasteiger charge is 2.35. The van der Waals surface area contributed by atoms with E-state index in [9.17, 15) is 10.4 Å². The van der Waals surface area contributed by atoms with Gasteiger partial charge in [-0.05, 0) is 95.1 Å². The zero-order valence-electron chi connectivity index (χ0n) is 21.5. The molecule has 1 unspecified atom stereocenters. The molecule has 5 heteroatoms. The van der Waals surface area contributed by atoms with E-state index in [1.807, 2.05) is 80.7 Å². The van der Waals surface area contributed by atoms with Crippen molar-refractivity contribution >= 4 is 17.1 Å². The van der Waals surface area contributed by atoms with Gasteiger partial charge in [-0.3, -0.25) is 4.99 Å². The maximum Gasteiger partial charge on any atom is 0.141 e. The van der Waals surface area contributed by atoms with E-state index >= 15 is 0 Å². The Kier molecular flexibility index (Phi) is 6.37. The summed E-state index contributed by atoms with van der Waals surface area (Å²) in [7, 11) is 0. The monoisotopic (exact) mass is 487 g/mol. The first-order chi connectivity index (χ1) is 17.8.